The molecule has 0 atom stereocenters. The van der Waals surface area contributed by atoms with E-state index in [4.69, 9.17) is 0 Å². The Labute approximate surface area is 138 Å². The number of carbonyl (C=O) groups excluding carboxylic acids is 1. The number of amides is 1. The lowest BCUT2D eigenvalue weighted by molar-refractivity contribution is 0.0928. The summed E-state index contributed by atoms with van der Waals surface area (Å²) in [5.74, 6) is -0.0507. The lowest BCUT2D eigenvalue weighted by Gasteiger charge is -2.28. The number of aryl methyl sites for hydroxylation is 2. The molecule has 0 saturated heterocycles. The third-order valence-electron chi connectivity index (χ3n) is 3.88. The Morgan fingerprint density at radius 1 is 1.22 bits per heavy atom. The van der Waals surface area contributed by atoms with Crippen molar-refractivity contribution in [3.8, 4) is 0 Å². The minimum atomic E-state index is -0.0507. The smallest absolute Gasteiger partial charge is 0.253 e. The molecule has 4 heteroatoms. The number of fused-ring (bicyclic) bond motifs is 1. The van der Waals surface area contributed by atoms with Crippen molar-refractivity contribution >= 4 is 16.8 Å². The number of rotatable bonds is 5. The Hall–Kier alpha value is -1.94. The molecule has 0 unspecified atom stereocenters. The first-order valence-corrected chi connectivity index (χ1v) is 7.99. The Morgan fingerprint density at radius 2 is 1.91 bits per heavy atom. The monoisotopic (exact) mass is 313 g/mol. The van der Waals surface area contributed by atoms with Gasteiger partial charge in [-0.2, -0.15) is 0 Å². The van der Waals surface area contributed by atoms with Crippen LogP contribution in [0.1, 0.15) is 35.5 Å². The maximum absolute atomic E-state index is 12.6. The van der Waals surface area contributed by atoms with Crippen LogP contribution >= 0.6 is 0 Å². The maximum atomic E-state index is 12.6. The molecule has 0 aliphatic rings. The SMILES string of the molecule is Cc1ccc2nc(C)c(C(=O)NCC(C)(C)CN(C)C)cc2c1. The summed E-state index contributed by atoms with van der Waals surface area (Å²) >= 11 is 0. The van der Waals surface area contributed by atoms with Crippen molar-refractivity contribution in [1.82, 2.24) is 15.2 Å². The highest BCUT2D eigenvalue weighted by atomic mass is 16.1. The molecule has 0 radical (unpaired) electrons. The zero-order chi connectivity index (χ0) is 17.2. The first-order chi connectivity index (χ1) is 10.7. The van der Waals surface area contributed by atoms with Gasteiger partial charge in [-0.1, -0.05) is 25.5 Å². The Kier molecular flexibility index (Phi) is 5.05. The number of benzene rings is 1. The topological polar surface area (TPSA) is 45.2 Å². The zero-order valence-electron chi connectivity index (χ0n) is 15.0. The number of aromatic nitrogens is 1. The molecule has 0 fully saturated rings. The van der Waals surface area contributed by atoms with Gasteiger partial charge < -0.3 is 10.2 Å². The first-order valence-electron chi connectivity index (χ1n) is 7.99. The highest BCUT2D eigenvalue weighted by Crippen LogP contribution is 2.19. The van der Waals surface area contributed by atoms with Crippen molar-refractivity contribution in [2.45, 2.75) is 27.7 Å². The number of nitrogens with one attached hydrogen (secondary N) is 1. The largest absolute Gasteiger partial charge is 0.351 e. The number of pyridine rings is 1. The van der Waals surface area contributed by atoms with Crippen LogP contribution in [0.15, 0.2) is 24.3 Å². The Bertz CT molecular complexity index is 720. The molecule has 1 aromatic carbocycles. The summed E-state index contributed by atoms with van der Waals surface area (Å²) in [5.41, 5.74) is 3.54. The zero-order valence-corrected chi connectivity index (χ0v) is 15.0. The van der Waals surface area contributed by atoms with Gasteiger partial charge in [0.05, 0.1) is 16.8 Å². The summed E-state index contributed by atoms with van der Waals surface area (Å²) < 4.78 is 0. The normalized spacial score (nSPS) is 12.0. The van der Waals surface area contributed by atoms with E-state index >= 15 is 0 Å². The van der Waals surface area contributed by atoms with E-state index in [1.165, 1.54) is 5.56 Å². The molecule has 0 aliphatic heterocycles. The minimum absolute atomic E-state index is 0.0218. The molecule has 4 nitrogen and oxygen atoms in total. The van der Waals surface area contributed by atoms with Crippen LogP contribution in [0.4, 0.5) is 0 Å². The van der Waals surface area contributed by atoms with Gasteiger partial charge in [-0.25, -0.2) is 0 Å². The predicted molar refractivity (Wildman–Crippen MR) is 95.9 cm³/mol. The van der Waals surface area contributed by atoms with Gasteiger partial charge in [-0.05, 0) is 51.6 Å². The fraction of sp³-hybridized carbons (Fsp3) is 0.474. The molecular formula is C19H27N3O. The van der Waals surface area contributed by atoms with Crippen molar-refractivity contribution in [3.63, 3.8) is 0 Å². The lowest BCUT2D eigenvalue weighted by Crippen LogP contribution is -2.40. The summed E-state index contributed by atoms with van der Waals surface area (Å²) in [6, 6.07) is 8.05. The van der Waals surface area contributed by atoms with E-state index in [2.05, 4.69) is 35.1 Å². The van der Waals surface area contributed by atoms with Crippen LogP contribution in [0.5, 0.6) is 0 Å². The molecular weight excluding hydrogens is 286 g/mol. The standard InChI is InChI=1S/C19H27N3O/c1-13-7-8-17-15(9-13)10-16(14(2)21-17)18(23)20-11-19(3,4)12-22(5)6/h7-10H,11-12H2,1-6H3,(H,20,23). The summed E-state index contributed by atoms with van der Waals surface area (Å²) in [5, 5.41) is 4.07. The number of hydrogen-bond acceptors (Lipinski definition) is 3. The van der Waals surface area contributed by atoms with E-state index < -0.39 is 0 Å². The van der Waals surface area contributed by atoms with E-state index in [0.717, 1.165) is 23.1 Å². The molecule has 1 heterocycles. The Morgan fingerprint density at radius 3 is 2.57 bits per heavy atom. The average molecular weight is 313 g/mol. The van der Waals surface area contributed by atoms with Gasteiger partial charge in [0.2, 0.25) is 0 Å². The highest BCUT2D eigenvalue weighted by molar-refractivity contribution is 5.98. The molecule has 2 aromatic rings. The third kappa shape index (κ3) is 4.52. The fourth-order valence-electron chi connectivity index (χ4n) is 2.95. The number of hydrogen-bond donors (Lipinski definition) is 1. The van der Waals surface area contributed by atoms with Gasteiger partial charge >= 0.3 is 0 Å². The van der Waals surface area contributed by atoms with Crippen LogP contribution < -0.4 is 5.32 Å². The summed E-state index contributed by atoms with van der Waals surface area (Å²) in [6.07, 6.45) is 0. The highest BCUT2D eigenvalue weighted by Gasteiger charge is 2.21. The van der Waals surface area contributed by atoms with E-state index in [0.29, 0.717) is 12.1 Å². The molecule has 1 aromatic heterocycles. The minimum Gasteiger partial charge on any atom is -0.351 e. The van der Waals surface area contributed by atoms with Gasteiger partial charge in [-0.3, -0.25) is 9.78 Å². The van der Waals surface area contributed by atoms with Gasteiger partial charge in [0.1, 0.15) is 0 Å². The number of carbonyl (C=O) groups is 1. The van der Waals surface area contributed by atoms with Crippen molar-refractivity contribution in [2.75, 3.05) is 27.2 Å². The lowest BCUT2D eigenvalue weighted by atomic mass is 9.93. The van der Waals surface area contributed by atoms with Crippen LogP contribution in [0, 0.1) is 19.3 Å². The van der Waals surface area contributed by atoms with E-state index in [-0.39, 0.29) is 11.3 Å². The molecule has 0 aliphatic carbocycles. The van der Waals surface area contributed by atoms with Crippen molar-refractivity contribution in [1.29, 1.82) is 0 Å². The average Bonchev–Trinajstić information content (AvgIpc) is 2.43. The van der Waals surface area contributed by atoms with Crippen LogP contribution in [0.3, 0.4) is 0 Å². The second-order valence-electron chi connectivity index (χ2n) is 7.40. The maximum Gasteiger partial charge on any atom is 0.253 e. The van der Waals surface area contributed by atoms with E-state index in [1.807, 2.05) is 46.1 Å². The summed E-state index contributed by atoms with van der Waals surface area (Å²) in [4.78, 5) is 19.3. The van der Waals surface area contributed by atoms with Gasteiger partial charge in [0, 0.05) is 18.5 Å². The van der Waals surface area contributed by atoms with Crippen LogP contribution in [-0.2, 0) is 0 Å². The van der Waals surface area contributed by atoms with Crippen LogP contribution in [0.2, 0.25) is 0 Å². The second kappa shape index (κ2) is 6.67. The fourth-order valence-corrected chi connectivity index (χ4v) is 2.95. The molecule has 1 amide bonds. The second-order valence-corrected chi connectivity index (χ2v) is 7.40. The molecule has 1 N–H and O–H groups in total. The van der Waals surface area contributed by atoms with Crippen molar-refractivity contribution in [3.05, 3.63) is 41.1 Å². The van der Waals surface area contributed by atoms with Crippen molar-refractivity contribution in [2.24, 2.45) is 5.41 Å². The van der Waals surface area contributed by atoms with Gasteiger partial charge in [-0.15, -0.1) is 0 Å². The molecule has 124 valence electrons. The first kappa shape index (κ1) is 17.4. The molecule has 0 saturated carbocycles. The van der Waals surface area contributed by atoms with Crippen LogP contribution in [0.25, 0.3) is 10.9 Å². The molecule has 0 spiro atoms. The van der Waals surface area contributed by atoms with Crippen LogP contribution in [-0.4, -0.2) is 43.0 Å². The molecule has 2 rings (SSSR count). The summed E-state index contributed by atoms with van der Waals surface area (Å²) in [7, 11) is 4.09. The van der Waals surface area contributed by atoms with E-state index in [1.54, 1.807) is 0 Å². The van der Waals surface area contributed by atoms with Crippen molar-refractivity contribution < 1.29 is 4.79 Å². The molecule has 23 heavy (non-hydrogen) atoms. The third-order valence-corrected chi connectivity index (χ3v) is 3.88. The summed E-state index contributed by atoms with van der Waals surface area (Å²) in [6.45, 7) is 9.79. The molecule has 0 bridgehead atoms. The van der Waals surface area contributed by atoms with Gasteiger partial charge in [0.15, 0.2) is 0 Å². The quantitative estimate of drug-likeness (QED) is 0.922. The van der Waals surface area contributed by atoms with Gasteiger partial charge in [0.25, 0.3) is 5.91 Å². The number of nitrogens with zero attached hydrogens (tertiary/aromatic N) is 2. The predicted octanol–water partition coefficient (Wildman–Crippen LogP) is 3.17. The van der Waals surface area contributed by atoms with E-state index in [9.17, 15) is 4.79 Å². The Balaban J connectivity index is 2.19.